The fraction of sp³-hybridized carbons (Fsp3) is 0.231. The first-order valence-corrected chi connectivity index (χ1v) is 11.3. The van der Waals surface area contributed by atoms with Gasteiger partial charge in [-0.05, 0) is 55.2 Å². The number of pyridine rings is 1. The van der Waals surface area contributed by atoms with Crippen molar-refractivity contribution >= 4 is 22.9 Å². The monoisotopic (exact) mass is 471 g/mol. The smallest absolute Gasteiger partial charge is 0.336 e. The molecule has 1 fully saturated rings. The van der Waals surface area contributed by atoms with Gasteiger partial charge in [0.2, 0.25) is 0 Å². The number of phenolic OH excluding ortho intramolecular Hbond substituents is 1. The van der Waals surface area contributed by atoms with E-state index in [1.807, 2.05) is 23.1 Å². The number of primary amides is 1. The zero-order valence-corrected chi connectivity index (χ0v) is 19.1. The summed E-state index contributed by atoms with van der Waals surface area (Å²) in [5.74, 6) is -1.38. The number of benzene rings is 2. The number of fused-ring (bicyclic) bond motifs is 1. The number of phenols is 1. The zero-order valence-electron chi connectivity index (χ0n) is 19.1. The molecule has 0 bridgehead atoms. The van der Waals surface area contributed by atoms with Gasteiger partial charge in [-0.1, -0.05) is 30.3 Å². The van der Waals surface area contributed by atoms with Gasteiger partial charge in [0, 0.05) is 18.7 Å². The molecule has 0 saturated carbocycles. The molecule has 2 aromatic carbocycles. The number of carboxylic acid groups (broad SMARTS) is 1. The van der Waals surface area contributed by atoms with E-state index in [0.717, 1.165) is 6.42 Å². The predicted molar refractivity (Wildman–Crippen MR) is 130 cm³/mol. The largest absolute Gasteiger partial charge is 0.508 e. The number of likely N-dealkylation sites (tertiary alicyclic amines) is 1. The topological polar surface area (TPSA) is 135 Å². The molecule has 3 heterocycles. The molecule has 2 aromatic heterocycles. The number of aromatic nitrogens is 3. The number of nitrogens with two attached hydrogens (primary N) is 1. The number of aromatic hydroxyl groups is 1. The van der Waals surface area contributed by atoms with E-state index in [1.165, 1.54) is 28.4 Å². The van der Waals surface area contributed by atoms with Crippen LogP contribution >= 0.6 is 0 Å². The second-order valence-corrected chi connectivity index (χ2v) is 8.80. The highest BCUT2D eigenvalue weighted by molar-refractivity contribution is 6.04. The Hall–Kier alpha value is -4.24. The van der Waals surface area contributed by atoms with E-state index in [-0.39, 0.29) is 22.9 Å². The Labute approximate surface area is 201 Å². The Morgan fingerprint density at radius 3 is 2.49 bits per heavy atom. The number of aromatic carboxylic acids is 1. The number of nitrogens with zero attached hydrogens (tertiary/aromatic N) is 4. The molecule has 0 spiro atoms. The van der Waals surface area contributed by atoms with E-state index in [1.54, 1.807) is 19.1 Å². The summed E-state index contributed by atoms with van der Waals surface area (Å²) in [5.41, 5.74) is 8.86. The van der Waals surface area contributed by atoms with Crippen LogP contribution in [0.3, 0.4) is 0 Å². The first-order chi connectivity index (χ1) is 16.8. The van der Waals surface area contributed by atoms with Crippen molar-refractivity contribution in [3.8, 4) is 17.0 Å². The third-order valence-electron chi connectivity index (χ3n) is 6.55. The molecule has 4 N–H and O–H groups in total. The van der Waals surface area contributed by atoms with Gasteiger partial charge in [0.15, 0.2) is 11.8 Å². The molecule has 1 aliphatic rings. The van der Waals surface area contributed by atoms with Gasteiger partial charge in [-0.15, -0.1) is 0 Å². The van der Waals surface area contributed by atoms with Gasteiger partial charge in [-0.2, -0.15) is 5.10 Å². The van der Waals surface area contributed by atoms with Crippen molar-refractivity contribution in [2.24, 2.45) is 5.73 Å². The molecule has 2 atom stereocenters. The minimum Gasteiger partial charge on any atom is -0.508 e. The molecule has 9 heteroatoms. The summed E-state index contributed by atoms with van der Waals surface area (Å²) in [5, 5.41) is 24.5. The van der Waals surface area contributed by atoms with Crippen LogP contribution in [0.5, 0.6) is 5.75 Å². The van der Waals surface area contributed by atoms with Gasteiger partial charge >= 0.3 is 5.97 Å². The summed E-state index contributed by atoms with van der Waals surface area (Å²) in [4.78, 5) is 31.6. The Balaban J connectivity index is 1.62. The molecule has 1 saturated heterocycles. The normalized spacial score (nSPS) is 17.0. The lowest BCUT2D eigenvalue weighted by atomic mass is 9.99. The van der Waals surface area contributed by atoms with E-state index < -0.39 is 18.0 Å². The summed E-state index contributed by atoms with van der Waals surface area (Å²) in [6.07, 6.45) is -0.0532. The van der Waals surface area contributed by atoms with Gasteiger partial charge in [-0.25, -0.2) is 14.5 Å². The van der Waals surface area contributed by atoms with Gasteiger partial charge in [-0.3, -0.25) is 9.69 Å². The lowest BCUT2D eigenvalue weighted by Gasteiger charge is -2.26. The van der Waals surface area contributed by atoms with Crippen LogP contribution in [0.2, 0.25) is 0 Å². The summed E-state index contributed by atoms with van der Waals surface area (Å²) in [6, 6.07) is 17.9. The molecule has 0 radical (unpaired) electrons. The number of carbonyl (C=O) groups excluding carboxylic acids is 1. The highest BCUT2D eigenvalue weighted by Gasteiger charge is 2.35. The van der Waals surface area contributed by atoms with E-state index in [9.17, 15) is 19.8 Å². The maximum atomic E-state index is 12.7. The van der Waals surface area contributed by atoms with Crippen LogP contribution in [0.15, 0.2) is 60.7 Å². The van der Waals surface area contributed by atoms with Crippen molar-refractivity contribution in [3.05, 3.63) is 77.5 Å². The highest BCUT2D eigenvalue weighted by atomic mass is 16.4. The molecule has 1 aliphatic heterocycles. The summed E-state index contributed by atoms with van der Waals surface area (Å²) in [7, 11) is 0. The average molecular weight is 472 g/mol. The fourth-order valence-corrected chi connectivity index (χ4v) is 4.89. The Kier molecular flexibility index (Phi) is 5.70. The summed E-state index contributed by atoms with van der Waals surface area (Å²) < 4.78 is 1.46. The first kappa shape index (κ1) is 22.5. The van der Waals surface area contributed by atoms with Crippen molar-refractivity contribution < 1.29 is 19.8 Å². The van der Waals surface area contributed by atoms with Crippen LogP contribution in [0.25, 0.3) is 22.3 Å². The van der Waals surface area contributed by atoms with Gasteiger partial charge in [0.1, 0.15) is 5.75 Å². The molecule has 35 heavy (non-hydrogen) atoms. The van der Waals surface area contributed by atoms with Gasteiger partial charge in [0.05, 0.1) is 22.3 Å². The Bertz CT molecular complexity index is 1420. The Morgan fingerprint density at radius 2 is 1.83 bits per heavy atom. The number of amides is 1. The number of carbonyl (C=O) groups is 2. The van der Waals surface area contributed by atoms with Gasteiger partial charge in [0.25, 0.3) is 5.91 Å². The fourth-order valence-electron chi connectivity index (χ4n) is 4.89. The SMILES string of the molecule is Cc1nn(C(C(N)=O)N2CCC(c3ccccc3)C2)c2nc(-c3ccc(O)cc3)cc(C(=O)O)c12. The minimum absolute atomic E-state index is 0.0358. The second kappa shape index (κ2) is 8.84. The average Bonchev–Trinajstić information content (AvgIpc) is 3.45. The molecular formula is C26H25N5O4. The second-order valence-electron chi connectivity index (χ2n) is 8.80. The van der Waals surface area contributed by atoms with Crippen molar-refractivity contribution in [2.75, 3.05) is 13.1 Å². The van der Waals surface area contributed by atoms with E-state index in [0.29, 0.717) is 35.4 Å². The number of hydrogen-bond acceptors (Lipinski definition) is 6. The third kappa shape index (κ3) is 4.10. The van der Waals surface area contributed by atoms with Crippen LogP contribution in [0.1, 0.15) is 40.1 Å². The van der Waals surface area contributed by atoms with Crippen LogP contribution in [0, 0.1) is 6.92 Å². The number of hydrogen-bond donors (Lipinski definition) is 3. The standard InChI is InChI=1S/C26H25N5O4/c1-15-22-20(26(34)35)13-21(17-7-9-19(32)10-8-17)28-24(22)31(29-15)25(23(27)33)30-12-11-18(14-30)16-5-3-2-4-6-16/h2-10,13,18,25,32H,11-12,14H2,1H3,(H2,27,33)(H,34,35). The number of rotatable bonds is 6. The van der Waals surface area contributed by atoms with Crippen molar-refractivity contribution in [3.63, 3.8) is 0 Å². The molecule has 9 nitrogen and oxygen atoms in total. The van der Waals surface area contributed by atoms with Crippen LogP contribution in [-0.2, 0) is 4.79 Å². The molecule has 4 aromatic rings. The lowest BCUT2D eigenvalue weighted by Crippen LogP contribution is -2.41. The molecule has 5 rings (SSSR count). The highest BCUT2D eigenvalue weighted by Crippen LogP contribution is 2.34. The van der Waals surface area contributed by atoms with E-state index in [4.69, 9.17) is 10.7 Å². The molecule has 2 unspecified atom stereocenters. The van der Waals surface area contributed by atoms with Crippen molar-refractivity contribution in [2.45, 2.75) is 25.4 Å². The zero-order chi connectivity index (χ0) is 24.7. The van der Waals surface area contributed by atoms with Crippen LogP contribution in [-0.4, -0.2) is 54.8 Å². The lowest BCUT2D eigenvalue weighted by molar-refractivity contribution is -0.126. The van der Waals surface area contributed by atoms with Crippen LogP contribution in [0.4, 0.5) is 0 Å². The Morgan fingerprint density at radius 1 is 1.11 bits per heavy atom. The van der Waals surface area contributed by atoms with Gasteiger partial charge < -0.3 is 15.9 Å². The van der Waals surface area contributed by atoms with Crippen molar-refractivity contribution in [1.82, 2.24) is 19.7 Å². The number of aryl methyl sites for hydroxylation is 1. The summed E-state index contributed by atoms with van der Waals surface area (Å²) in [6.45, 7) is 2.94. The maximum Gasteiger partial charge on any atom is 0.336 e. The number of carboxylic acids is 1. The van der Waals surface area contributed by atoms with Crippen molar-refractivity contribution in [1.29, 1.82) is 0 Å². The predicted octanol–water partition coefficient (Wildman–Crippen LogP) is 3.28. The minimum atomic E-state index is -1.12. The molecular weight excluding hydrogens is 446 g/mol. The molecule has 1 amide bonds. The molecule has 178 valence electrons. The molecule has 0 aliphatic carbocycles. The van der Waals surface area contributed by atoms with E-state index in [2.05, 4.69) is 17.2 Å². The van der Waals surface area contributed by atoms with E-state index >= 15 is 0 Å². The van der Waals surface area contributed by atoms with Crippen LogP contribution < -0.4 is 5.73 Å². The maximum absolute atomic E-state index is 12.7. The quantitative estimate of drug-likeness (QED) is 0.393. The third-order valence-corrected chi connectivity index (χ3v) is 6.55. The first-order valence-electron chi connectivity index (χ1n) is 11.3. The summed E-state index contributed by atoms with van der Waals surface area (Å²) >= 11 is 0.